The van der Waals surface area contributed by atoms with E-state index in [0.29, 0.717) is 42.1 Å². The van der Waals surface area contributed by atoms with Crippen LogP contribution < -0.4 is 15.4 Å². The molecule has 10 heteroatoms. The number of nitrogens with one attached hydrogen (secondary N) is 2. The number of nitrogens with zero attached hydrogens (tertiary/aromatic N) is 2. The van der Waals surface area contributed by atoms with E-state index in [0.717, 1.165) is 16.7 Å². The molecule has 1 saturated heterocycles. The van der Waals surface area contributed by atoms with Crippen LogP contribution in [0.25, 0.3) is 11.1 Å². The average molecular weight is 595 g/mol. The smallest absolute Gasteiger partial charge is 0.277 e. The first kappa shape index (κ1) is 29.1. The minimum absolute atomic E-state index is 0.0857. The van der Waals surface area contributed by atoms with Crippen molar-refractivity contribution in [3.8, 4) is 16.9 Å². The van der Waals surface area contributed by atoms with Gasteiger partial charge in [-0.15, -0.1) is 0 Å². The number of anilines is 1. The largest absolute Gasteiger partial charge is 0.490 e. The molecule has 0 bridgehead atoms. The van der Waals surface area contributed by atoms with E-state index in [-0.39, 0.29) is 48.8 Å². The molecule has 0 unspecified atom stereocenters. The molecule has 10 nitrogen and oxygen atoms in total. The Morgan fingerprint density at radius 2 is 1.75 bits per heavy atom. The maximum Gasteiger partial charge on any atom is 0.277 e. The van der Waals surface area contributed by atoms with Crippen molar-refractivity contribution >= 4 is 23.4 Å². The number of ether oxygens (including phenoxy) is 2. The minimum Gasteiger partial charge on any atom is -0.490 e. The molecule has 2 aliphatic heterocycles. The summed E-state index contributed by atoms with van der Waals surface area (Å²) in [5.74, 6) is 0.165. The summed E-state index contributed by atoms with van der Waals surface area (Å²) in [7, 11) is 1.75. The molecule has 2 aliphatic rings. The third-order valence-corrected chi connectivity index (χ3v) is 8.09. The Kier molecular flexibility index (Phi) is 8.42. The molecule has 0 spiro atoms. The number of fused-ring (bicyclic) bond motifs is 2. The summed E-state index contributed by atoms with van der Waals surface area (Å²) in [6, 6.07) is 24.6. The monoisotopic (exact) mass is 594 g/mol. The average Bonchev–Trinajstić information content (AvgIpc) is 3.49. The van der Waals surface area contributed by atoms with Crippen LogP contribution in [0, 0.1) is 6.92 Å². The fourth-order valence-corrected chi connectivity index (χ4v) is 5.70. The predicted octanol–water partition coefficient (Wildman–Crippen LogP) is 4.99. The Balaban J connectivity index is 1.04. The highest BCUT2D eigenvalue weighted by molar-refractivity contribution is 6.04. The van der Waals surface area contributed by atoms with Crippen LogP contribution in [0.5, 0.6) is 5.75 Å². The zero-order chi connectivity index (χ0) is 30.6. The second-order valence-corrected chi connectivity index (χ2v) is 11.2. The standard InChI is InChI=1S/C34H34N4O6/c1-21-16-28(37-44-21)33(40)36-25-12-15-30-27(17-25)34(41)38(2)29-14-13-26(43-31(29)20-42-30)18-32(39)35-19-22-8-10-24(11-9-22)23-6-4-3-5-7-23/h3-12,15-17,26,29,31H,13-14,18-20H2,1-2H3,(H,35,39)(H,36,40)/t26-,29-,31+/m0/s1. The first-order chi connectivity index (χ1) is 21.3. The molecule has 0 radical (unpaired) electrons. The van der Waals surface area contributed by atoms with Crippen LogP contribution in [0.4, 0.5) is 5.69 Å². The molecule has 44 heavy (non-hydrogen) atoms. The molecule has 1 aromatic heterocycles. The van der Waals surface area contributed by atoms with Crippen molar-refractivity contribution in [2.24, 2.45) is 0 Å². The molecule has 3 aromatic carbocycles. The molecular formula is C34H34N4O6. The van der Waals surface area contributed by atoms with Crippen molar-refractivity contribution < 1.29 is 28.4 Å². The van der Waals surface area contributed by atoms with Gasteiger partial charge in [-0.1, -0.05) is 59.8 Å². The molecule has 2 N–H and O–H groups in total. The molecule has 4 aromatic rings. The van der Waals surface area contributed by atoms with Gasteiger partial charge in [-0.3, -0.25) is 14.4 Å². The van der Waals surface area contributed by atoms with Gasteiger partial charge in [0, 0.05) is 25.3 Å². The van der Waals surface area contributed by atoms with Gasteiger partial charge in [0.2, 0.25) is 5.91 Å². The van der Waals surface area contributed by atoms with Gasteiger partial charge in [-0.2, -0.15) is 0 Å². The number of likely N-dealkylation sites (N-methyl/N-ethyl adjacent to an activating group) is 1. The lowest BCUT2D eigenvalue weighted by Crippen LogP contribution is -2.53. The normalized spacial score (nSPS) is 19.5. The van der Waals surface area contributed by atoms with Gasteiger partial charge in [0.15, 0.2) is 5.69 Å². The number of carbonyl (C=O) groups is 3. The van der Waals surface area contributed by atoms with Gasteiger partial charge < -0.3 is 29.5 Å². The quantitative estimate of drug-likeness (QED) is 0.309. The van der Waals surface area contributed by atoms with Crippen molar-refractivity contribution in [2.75, 3.05) is 19.0 Å². The SMILES string of the molecule is Cc1cc(C(=O)Nc2ccc3c(c2)C(=O)N(C)[C@H]2CC[C@@H](CC(=O)NCc4ccc(-c5ccccc5)cc4)O[C@@H]2CO3)no1. The Hall–Kier alpha value is -4.96. The molecule has 0 saturated carbocycles. The van der Waals surface area contributed by atoms with E-state index in [2.05, 4.69) is 40.1 Å². The summed E-state index contributed by atoms with van der Waals surface area (Å²) in [5.41, 5.74) is 4.23. The van der Waals surface area contributed by atoms with Gasteiger partial charge in [-0.05, 0) is 54.7 Å². The summed E-state index contributed by atoms with van der Waals surface area (Å²) in [6.07, 6.45) is 0.877. The summed E-state index contributed by atoms with van der Waals surface area (Å²) >= 11 is 0. The van der Waals surface area contributed by atoms with Gasteiger partial charge in [0.05, 0.1) is 24.1 Å². The number of amides is 3. The zero-order valence-electron chi connectivity index (χ0n) is 24.6. The molecule has 3 heterocycles. The molecule has 226 valence electrons. The van der Waals surface area contributed by atoms with E-state index in [1.165, 1.54) is 6.07 Å². The molecule has 1 fully saturated rings. The second-order valence-electron chi connectivity index (χ2n) is 11.2. The van der Waals surface area contributed by atoms with Gasteiger partial charge in [0.1, 0.15) is 24.2 Å². The zero-order valence-corrected chi connectivity index (χ0v) is 24.6. The summed E-state index contributed by atoms with van der Waals surface area (Å²) < 4.78 is 17.3. The van der Waals surface area contributed by atoms with E-state index in [1.54, 1.807) is 37.1 Å². The number of aryl methyl sites for hydroxylation is 1. The Labute approximate surface area is 255 Å². The first-order valence-corrected chi connectivity index (χ1v) is 14.7. The van der Waals surface area contributed by atoms with Crippen molar-refractivity contribution in [1.29, 1.82) is 0 Å². The van der Waals surface area contributed by atoms with E-state index >= 15 is 0 Å². The predicted molar refractivity (Wildman–Crippen MR) is 163 cm³/mol. The topological polar surface area (TPSA) is 123 Å². The maximum atomic E-state index is 13.5. The number of aromatic nitrogens is 1. The van der Waals surface area contributed by atoms with Crippen LogP contribution in [-0.2, 0) is 16.1 Å². The molecular weight excluding hydrogens is 560 g/mol. The number of carbonyl (C=O) groups excluding carboxylic acids is 3. The van der Waals surface area contributed by atoms with E-state index in [9.17, 15) is 14.4 Å². The van der Waals surface area contributed by atoms with Crippen LogP contribution >= 0.6 is 0 Å². The van der Waals surface area contributed by atoms with Crippen molar-refractivity contribution in [2.45, 2.75) is 51.0 Å². The molecule has 0 aliphatic carbocycles. The third kappa shape index (κ3) is 6.50. The van der Waals surface area contributed by atoms with Crippen LogP contribution in [0.3, 0.4) is 0 Å². The molecule has 6 rings (SSSR count). The van der Waals surface area contributed by atoms with Crippen LogP contribution in [-0.4, -0.2) is 59.7 Å². The fourth-order valence-electron chi connectivity index (χ4n) is 5.70. The lowest BCUT2D eigenvalue weighted by atomic mass is 9.94. The van der Waals surface area contributed by atoms with Crippen LogP contribution in [0.2, 0.25) is 0 Å². The number of benzene rings is 3. The van der Waals surface area contributed by atoms with E-state index < -0.39 is 5.91 Å². The Bertz CT molecular complexity index is 1650. The van der Waals surface area contributed by atoms with Gasteiger partial charge in [-0.25, -0.2) is 0 Å². The third-order valence-electron chi connectivity index (χ3n) is 8.09. The summed E-state index contributed by atoms with van der Waals surface area (Å²) in [4.78, 5) is 40.5. The van der Waals surface area contributed by atoms with Crippen LogP contribution in [0.1, 0.15) is 51.4 Å². The van der Waals surface area contributed by atoms with Gasteiger partial charge in [0.25, 0.3) is 11.8 Å². The van der Waals surface area contributed by atoms with Gasteiger partial charge >= 0.3 is 0 Å². The Morgan fingerprint density at radius 3 is 2.50 bits per heavy atom. The lowest BCUT2D eigenvalue weighted by molar-refractivity contribution is -0.134. The van der Waals surface area contributed by atoms with Crippen LogP contribution in [0.15, 0.2) is 83.4 Å². The molecule has 3 atom stereocenters. The Morgan fingerprint density at radius 1 is 0.977 bits per heavy atom. The summed E-state index contributed by atoms with van der Waals surface area (Å²) in [5, 5.41) is 9.49. The van der Waals surface area contributed by atoms with E-state index in [1.807, 2.05) is 30.3 Å². The number of rotatable bonds is 7. The summed E-state index contributed by atoms with van der Waals surface area (Å²) in [6.45, 7) is 2.36. The maximum absolute atomic E-state index is 13.5. The highest BCUT2D eigenvalue weighted by atomic mass is 16.5. The number of hydrogen-bond donors (Lipinski definition) is 2. The number of hydrogen-bond acceptors (Lipinski definition) is 7. The second kappa shape index (κ2) is 12.7. The fraction of sp³-hybridized carbons (Fsp3) is 0.294. The lowest BCUT2D eigenvalue weighted by Gasteiger charge is -2.42. The van der Waals surface area contributed by atoms with E-state index in [4.69, 9.17) is 14.0 Å². The first-order valence-electron chi connectivity index (χ1n) is 14.7. The van der Waals surface area contributed by atoms with Crippen molar-refractivity contribution in [3.05, 3.63) is 101 Å². The highest BCUT2D eigenvalue weighted by Gasteiger charge is 2.39. The highest BCUT2D eigenvalue weighted by Crippen LogP contribution is 2.32. The minimum atomic E-state index is -0.439. The van der Waals surface area contributed by atoms with Crippen molar-refractivity contribution in [3.63, 3.8) is 0 Å². The van der Waals surface area contributed by atoms with Crippen molar-refractivity contribution in [1.82, 2.24) is 15.4 Å². The molecule has 3 amide bonds.